The quantitative estimate of drug-likeness (QED) is 0.416. The second-order valence-corrected chi connectivity index (χ2v) is 8.62. The molecular formula is C26H39N5O. The van der Waals surface area contributed by atoms with Crippen molar-refractivity contribution >= 4 is 5.96 Å². The maximum Gasteiger partial charge on any atom is 0.191 e. The molecule has 6 heteroatoms. The molecule has 0 bridgehead atoms. The van der Waals surface area contributed by atoms with E-state index in [1.54, 1.807) is 0 Å². The monoisotopic (exact) mass is 437 g/mol. The van der Waals surface area contributed by atoms with Crippen LogP contribution in [-0.2, 0) is 13.1 Å². The van der Waals surface area contributed by atoms with E-state index < -0.39 is 0 Å². The average Bonchev–Trinajstić information content (AvgIpc) is 3.03. The third-order valence-electron chi connectivity index (χ3n) is 6.01. The number of aliphatic imine (C=N–C) groups is 1. The smallest absolute Gasteiger partial charge is 0.191 e. The van der Waals surface area contributed by atoms with E-state index >= 15 is 0 Å². The maximum absolute atomic E-state index is 9.80. The predicted octanol–water partition coefficient (Wildman–Crippen LogP) is 2.66. The summed E-state index contributed by atoms with van der Waals surface area (Å²) in [7, 11) is 2.21. The minimum absolute atomic E-state index is 0.0399. The summed E-state index contributed by atoms with van der Waals surface area (Å²) in [6, 6.07) is 19.0. The van der Waals surface area contributed by atoms with E-state index in [-0.39, 0.29) is 12.5 Å². The van der Waals surface area contributed by atoms with Gasteiger partial charge in [0.1, 0.15) is 0 Å². The van der Waals surface area contributed by atoms with E-state index in [0.717, 1.165) is 37.7 Å². The normalized spacial score (nSPS) is 17.0. The van der Waals surface area contributed by atoms with Crippen molar-refractivity contribution in [2.75, 3.05) is 52.9 Å². The number of aliphatic hydroxyl groups is 1. The van der Waals surface area contributed by atoms with Crippen molar-refractivity contribution in [3.05, 3.63) is 71.3 Å². The number of hydrogen-bond donors (Lipinski definition) is 3. The number of rotatable bonds is 9. The Kier molecular flexibility index (Phi) is 10.0. The highest BCUT2D eigenvalue weighted by Gasteiger charge is 2.13. The molecule has 1 unspecified atom stereocenters. The molecular weight excluding hydrogens is 398 g/mol. The number of hydrogen-bond acceptors (Lipinski definition) is 4. The van der Waals surface area contributed by atoms with Crippen LogP contribution < -0.4 is 10.6 Å². The van der Waals surface area contributed by atoms with Gasteiger partial charge in [-0.1, -0.05) is 54.6 Å². The molecule has 3 rings (SSSR count). The molecule has 0 aliphatic carbocycles. The van der Waals surface area contributed by atoms with Gasteiger partial charge in [0.25, 0.3) is 0 Å². The summed E-state index contributed by atoms with van der Waals surface area (Å²) in [5, 5.41) is 16.5. The number of nitrogens with one attached hydrogen (secondary N) is 2. The first-order valence-corrected chi connectivity index (χ1v) is 11.8. The van der Waals surface area contributed by atoms with E-state index in [2.05, 4.69) is 70.8 Å². The zero-order valence-corrected chi connectivity index (χ0v) is 19.6. The van der Waals surface area contributed by atoms with Crippen LogP contribution in [0.25, 0.3) is 0 Å². The second-order valence-electron chi connectivity index (χ2n) is 8.62. The van der Waals surface area contributed by atoms with E-state index in [1.165, 1.54) is 30.6 Å². The van der Waals surface area contributed by atoms with Crippen LogP contribution in [0.15, 0.2) is 59.6 Å². The molecule has 0 aromatic heterocycles. The van der Waals surface area contributed by atoms with Gasteiger partial charge < -0.3 is 20.6 Å². The number of likely N-dealkylation sites (N-methyl/N-ethyl adjacent to an activating group) is 1. The number of benzene rings is 2. The summed E-state index contributed by atoms with van der Waals surface area (Å²) in [4.78, 5) is 9.71. The van der Waals surface area contributed by atoms with Gasteiger partial charge in [-0.25, -0.2) is 4.99 Å². The van der Waals surface area contributed by atoms with Crippen LogP contribution in [0.2, 0.25) is 0 Å². The minimum Gasteiger partial charge on any atom is -0.396 e. The van der Waals surface area contributed by atoms with Gasteiger partial charge in [-0.3, -0.25) is 4.90 Å². The molecule has 32 heavy (non-hydrogen) atoms. The summed E-state index contributed by atoms with van der Waals surface area (Å²) >= 11 is 0. The molecule has 1 saturated heterocycles. The molecule has 0 amide bonds. The molecule has 1 heterocycles. The average molecular weight is 438 g/mol. The molecule has 6 nitrogen and oxygen atoms in total. The van der Waals surface area contributed by atoms with Crippen molar-refractivity contribution in [1.29, 1.82) is 0 Å². The molecule has 0 radical (unpaired) electrons. The summed E-state index contributed by atoms with van der Waals surface area (Å²) in [6.07, 6.45) is 1.24. The molecule has 1 fully saturated rings. The van der Waals surface area contributed by atoms with Crippen molar-refractivity contribution in [2.45, 2.75) is 32.4 Å². The van der Waals surface area contributed by atoms with E-state index in [1.807, 2.05) is 18.2 Å². The fourth-order valence-electron chi connectivity index (χ4n) is 4.01. The molecule has 1 atom stereocenters. The molecule has 0 saturated carbocycles. The van der Waals surface area contributed by atoms with Crippen molar-refractivity contribution < 1.29 is 5.11 Å². The van der Waals surface area contributed by atoms with Crippen LogP contribution >= 0.6 is 0 Å². The Bertz CT molecular complexity index is 809. The minimum atomic E-state index is 0.0399. The highest BCUT2D eigenvalue weighted by atomic mass is 16.3. The standard InChI is InChI=1S/C26H39N5O/c1-3-27-26(29-19-25(21-32)24-8-5-4-6-9-24)28-18-22-10-12-23(13-11-22)20-31-15-7-14-30(2)16-17-31/h4-6,8-13,25,32H,3,7,14-21H2,1-2H3,(H2,27,28,29). The summed E-state index contributed by atoms with van der Waals surface area (Å²) in [6.45, 7) is 9.89. The van der Waals surface area contributed by atoms with E-state index in [0.29, 0.717) is 13.1 Å². The van der Waals surface area contributed by atoms with Crippen molar-refractivity contribution in [3.63, 3.8) is 0 Å². The Morgan fingerprint density at radius 3 is 2.44 bits per heavy atom. The third-order valence-corrected chi connectivity index (χ3v) is 6.01. The largest absolute Gasteiger partial charge is 0.396 e. The van der Waals surface area contributed by atoms with Gasteiger partial charge in [-0.05, 0) is 50.2 Å². The van der Waals surface area contributed by atoms with Crippen LogP contribution in [0.4, 0.5) is 0 Å². The van der Waals surface area contributed by atoms with Gasteiger partial charge in [0.2, 0.25) is 0 Å². The number of nitrogens with zero attached hydrogens (tertiary/aromatic N) is 3. The second kappa shape index (κ2) is 13.2. The lowest BCUT2D eigenvalue weighted by Crippen LogP contribution is -2.39. The molecule has 2 aromatic rings. The topological polar surface area (TPSA) is 63.1 Å². The zero-order valence-electron chi connectivity index (χ0n) is 19.6. The number of aliphatic hydroxyl groups excluding tert-OH is 1. The van der Waals surface area contributed by atoms with Gasteiger partial charge in [-0.2, -0.15) is 0 Å². The summed E-state index contributed by atoms with van der Waals surface area (Å²) < 4.78 is 0. The predicted molar refractivity (Wildman–Crippen MR) is 133 cm³/mol. The Labute approximate surface area is 193 Å². The third kappa shape index (κ3) is 7.93. The number of guanidine groups is 1. The van der Waals surface area contributed by atoms with Crippen LogP contribution in [0.1, 0.15) is 36.0 Å². The van der Waals surface area contributed by atoms with Crippen LogP contribution in [0.3, 0.4) is 0 Å². The van der Waals surface area contributed by atoms with Crippen molar-refractivity contribution in [3.8, 4) is 0 Å². The fourth-order valence-corrected chi connectivity index (χ4v) is 4.01. The van der Waals surface area contributed by atoms with Crippen molar-refractivity contribution in [2.24, 2.45) is 4.99 Å². The lowest BCUT2D eigenvalue weighted by Gasteiger charge is -2.20. The Morgan fingerprint density at radius 1 is 0.969 bits per heavy atom. The zero-order chi connectivity index (χ0) is 22.6. The van der Waals surface area contributed by atoms with Gasteiger partial charge >= 0.3 is 0 Å². The highest BCUT2D eigenvalue weighted by Crippen LogP contribution is 2.14. The SMILES string of the molecule is CCNC(=NCc1ccc(CN2CCCN(C)CC2)cc1)NCC(CO)c1ccccc1. The summed E-state index contributed by atoms with van der Waals surface area (Å²) in [5.74, 6) is 0.817. The fraction of sp³-hybridized carbons (Fsp3) is 0.500. The first-order chi connectivity index (χ1) is 15.7. The highest BCUT2D eigenvalue weighted by molar-refractivity contribution is 5.79. The van der Waals surface area contributed by atoms with E-state index in [4.69, 9.17) is 4.99 Å². The molecule has 1 aliphatic heterocycles. The van der Waals surface area contributed by atoms with Crippen molar-refractivity contribution in [1.82, 2.24) is 20.4 Å². The maximum atomic E-state index is 9.80. The Hall–Kier alpha value is -2.41. The Balaban J connectivity index is 1.52. The van der Waals surface area contributed by atoms with Gasteiger partial charge in [0.15, 0.2) is 5.96 Å². The molecule has 1 aliphatic rings. The molecule has 3 N–H and O–H groups in total. The molecule has 2 aromatic carbocycles. The first kappa shape index (κ1) is 24.2. The Morgan fingerprint density at radius 2 is 1.72 bits per heavy atom. The van der Waals surface area contributed by atoms with Crippen LogP contribution in [-0.4, -0.2) is 73.8 Å². The van der Waals surface area contributed by atoms with Crippen LogP contribution in [0, 0.1) is 0 Å². The van der Waals surface area contributed by atoms with Gasteiger partial charge in [0, 0.05) is 38.6 Å². The van der Waals surface area contributed by atoms with Crippen LogP contribution in [0.5, 0.6) is 0 Å². The molecule has 0 spiro atoms. The van der Waals surface area contributed by atoms with Gasteiger partial charge in [-0.15, -0.1) is 0 Å². The van der Waals surface area contributed by atoms with Gasteiger partial charge in [0.05, 0.1) is 13.2 Å². The first-order valence-electron chi connectivity index (χ1n) is 11.8. The molecule has 174 valence electrons. The lowest BCUT2D eigenvalue weighted by atomic mass is 10.0. The lowest BCUT2D eigenvalue weighted by molar-refractivity contribution is 0.265. The van der Waals surface area contributed by atoms with E-state index in [9.17, 15) is 5.11 Å². The summed E-state index contributed by atoms with van der Waals surface area (Å²) in [5.41, 5.74) is 3.69.